The van der Waals surface area contributed by atoms with Crippen molar-refractivity contribution in [2.75, 3.05) is 20.8 Å². The zero-order valence-corrected chi connectivity index (χ0v) is 14.4. The molecule has 0 fully saturated rings. The van der Waals surface area contributed by atoms with Gasteiger partial charge in [-0.15, -0.1) is 0 Å². The Bertz CT molecular complexity index is 688. The van der Waals surface area contributed by atoms with Crippen molar-refractivity contribution in [3.05, 3.63) is 51.5 Å². The molecule has 0 radical (unpaired) electrons. The molecule has 0 aromatic heterocycles. The van der Waals surface area contributed by atoms with Crippen LogP contribution < -0.4 is 14.2 Å². The molecule has 0 N–H and O–H groups in total. The number of ether oxygens (including phenoxy) is 3. The lowest BCUT2D eigenvalue weighted by atomic mass is 10.1. The van der Waals surface area contributed by atoms with Crippen LogP contribution in [0.25, 0.3) is 0 Å². The van der Waals surface area contributed by atoms with Crippen LogP contribution >= 0.6 is 27.5 Å². The zero-order chi connectivity index (χ0) is 16.1. The molecule has 0 unspecified atom stereocenters. The highest BCUT2D eigenvalue weighted by Crippen LogP contribution is 2.29. The molecule has 0 saturated heterocycles. The van der Waals surface area contributed by atoms with Crippen molar-refractivity contribution in [3.63, 3.8) is 0 Å². The van der Waals surface area contributed by atoms with E-state index >= 15 is 0 Å². The van der Waals surface area contributed by atoms with Crippen molar-refractivity contribution in [1.82, 2.24) is 0 Å². The normalized spacial score (nSPS) is 10.2. The van der Waals surface area contributed by atoms with Crippen LogP contribution in [0, 0.1) is 0 Å². The van der Waals surface area contributed by atoms with Crippen LogP contribution in [0.15, 0.2) is 40.9 Å². The summed E-state index contributed by atoms with van der Waals surface area (Å²) in [5.41, 5.74) is 0.438. The van der Waals surface area contributed by atoms with Crippen LogP contribution in [0.2, 0.25) is 5.02 Å². The fourth-order valence-electron chi connectivity index (χ4n) is 1.84. The molecule has 0 bridgehead atoms. The van der Waals surface area contributed by atoms with Gasteiger partial charge in [0.2, 0.25) is 5.78 Å². The molecule has 2 aromatic rings. The third kappa shape index (κ3) is 3.93. The molecule has 116 valence electrons. The van der Waals surface area contributed by atoms with E-state index in [1.54, 1.807) is 43.5 Å². The minimum atomic E-state index is -0.193. The van der Waals surface area contributed by atoms with E-state index in [1.165, 1.54) is 7.11 Å². The standard InChI is InChI=1S/C16H14BrClO4/c1-20-11-4-5-12(16(8-11)21-2)14(19)9-22-15-6-3-10(18)7-13(15)17/h3-8H,9H2,1-2H3. The number of benzene rings is 2. The van der Waals surface area contributed by atoms with Crippen LogP contribution in [0.4, 0.5) is 0 Å². The SMILES string of the molecule is COc1ccc(C(=O)COc2ccc(Cl)cc2Br)c(OC)c1. The number of methoxy groups -OCH3 is 2. The smallest absolute Gasteiger partial charge is 0.203 e. The number of hydrogen-bond donors (Lipinski definition) is 0. The largest absolute Gasteiger partial charge is 0.497 e. The molecule has 22 heavy (non-hydrogen) atoms. The average Bonchev–Trinajstić information content (AvgIpc) is 2.53. The molecule has 2 rings (SSSR count). The van der Waals surface area contributed by atoms with E-state index in [0.29, 0.717) is 32.3 Å². The summed E-state index contributed by atoms with van der Waals surface area (Å²) >= 11 is 9.20. The Morgan fingerprint density at radius 1 is 1.09 bits per heavy atom. The third-order valence-corrected chi connectivity index (χ3v) is 3.82. The number of carbonyl (C=O) groups excluding carboxylic acids is 1. The molecule has 6 heteroatoms. The van der Waals surface area contributed by atoms with E-state index in [1.807, 2.05) is 0 Å². The van der Waals surface area contributed by atoms with E-state index in [-0.39, 0.29) is 12.4 Å². The summed E-state index contributed by atoms with van der Waals surface area (Å²) in [4.78, 5) is 12.3. The number of carbonyl (C=O) groups is 1. The molecule has 4 nitrogen and oxygen atoms in total. The van der Waals surface area contributed by atoms with E-state index in [0.717, 1.165) is 0 Å². The average molecular weight is 386 g/mol. The summed E-state index contributed by atoms with van der Waals surface area (Å²) < 4.78 is 16.5. The van der Waals surface area contributed by atoms with Gasteiger partial charge in [-0.2, -0.15) is 0 Å². The van der Waals surface area contributed by atoms with Gasteiger partial charge in [-0.25, -0.2) is 0 Å². The number of rotatable bonds is 6. The van der Waals surface area contributed by atoms with Gasteiger partial charge in [0.1, 0.15) is 17.2 Å². The van der Waals surface area contributed by atoms with Gasteiger partial charge in [0, 0.05) is 11.1 Å². The van der Waals surface area contributed by atoms with Crippen molar-refractivity contribution >= 4 is 33.3 Å². The molecular formula is C16H14BrClO4. The molecule has 0 spiro atoms. The predicted octanol–water partition coefficient (Wildman–Crippen LogP) is 4.38. The molecule has 0 amide bonds. The van der Waals surface area contributed by atoms with Gasteiger partial charge in [0.25, 0.3) is 0 Å². The van der Waals surface area contributed by atoms with Crippen molar-refractivity contribution in [1.29, 1.82) is 0 Å². The fraction of sp³-hybridized carbons (Fsp3) is 0.188. The first-order chi connectivity index (χ1) is 10.5. The summed E-state index contributed by atoms with van der Waals surface area (Å²) in [6.07, 6.45) is 0. The Morgan fingerprint density at radius 3 is 2.50 bits per heavy atom. The molecular weight excluding hydrogens is 372 g/mol. The lowest BCUT2D eigenvalue weighted by Crippen LogP contribution is -2.13. The molecule has 0 aliphatic carbocycles. The second-order valence-corrected chi connectivity index (χ2v) is 5.64. The second kappa shape index (κ2) is 7.51. The van der Waals surface area contributed by atoms with Gasteiger partial charge in [-0.1, -0.05) is 11.6 Å². The van der Waals surface area contributed by atoms with Crippen LogP contribution in [0.5, 0.6) is 17.2 Å². The Balaban J connectivity index is 2.12. The van der Waals surface area contributed by atoms with Crippen molar-refractivity contribution in [2.45, 2.75) is 0 Å². The predicted molar refractivity (Wildman–Crippen MR) is 88.5 cm³/mol. The quantitative estimate of drug-likeness (QED) is 0.692. The summed E-state index contributed by atoms with van der Waals surface area (Å²) in [6.45, 7) is -0.108. The Hall–Kier alpha value is -1.72. The zero-order valence-electron chi connectivity index (χ0n) is 12.1. The summed E-state index contributed by atoms with van der Waals surface area (Å²) in [7, 11) is 3.06. The highest BCUT2D eigenvalue weighted by molar-refractivity contribution is 9.10. The molecule has 0 aliphatic rings. The van der Waals surface area contributed by atoms with Gasteiger partial charge in [0.15, 0.2) is 6.61 Å². The van der Waals surface area contributed by atoms with Crippen molar-refractivity contribution in [2.24, 2.45) is 0 Å². The maximum atomic E-state index is 12.3. The first-order valence-electron chi connectivity index (χ1n) is 6.38. The van der Waals surface area contributed by atoms with Crippen LogP contribution in [-0.2, 0) is 0 Å². The molecule has 0 saturated carbocycles. The van der Waals surface area contributed by atoms with Gasteiger partial charge in [-0.05, 0) is 46.3 Å². The monoisotopic (exact) mass is 384 g/mol. The Morgan fingerprint density at radius 2 is 1.86 bits per heavy atom. The van der Waals surface area contributed by atoms with Crippen molar-refractivity contribution in [3.8, 4) is 17.2 Å². The van der Waals surface area contributed by atoms with Crippen LogP contribution in [0.3, 0.4) is 0 Å². The first-order valence-corrected chi connectivity index (χ1v) is 7.55. The second-order valence-electron chi connectivity index (χ2n) is 4.35. The Labute approximate surface area is 142 Å². The molecule has 2 aromatic carbocycles. The minimum Gasteiger partial charge on any atom is -0.497 e. The van der Waals surface area contributed by atoms with Gasteiger partial charge >= 0.3 is 0 Å². The van der Waals surface area contributed by atoms with E-state index in [2.05, 4.69) is 15.9 Å². The van der Waals surface area contributed by atoms with Crippen LogP contribution in [-0.4, -0.2) is 26.6 Å². The van der Waals surface area contributed by atoms with Crippen molar-refractivity contribution < 1.29 is 19.0 Å². The summed E-state index contributed by atoms with van der Waals surface area (Å²) in [5, 5.41) is 0.586. The van der Waals surface area contributed by atoms with E-state index in [4.69, 9.17) is 25.8 Å². The number of Topliss-reactive ketones (excluding diaryl/α,β-unsaturated/α-hetero) is 1. The fourth-order valence-corrected chi connectivity index (χ4v) is 2.64. The van der Waals surface area contributed by atoms with Gasteiger partial charge < -0.3 is 14.2 Å². The molecule has 0 heterocycles. The first kappa shape index (κ1) is 16.6. The summed E-state index contributed by atoms with van der Waals surface area (Å²) in [6, 6.07) is 10.1. The maximum absolute atomic E-state index is 12.3. The van der Waals surface area contributed by atoms with Crippen LogP contribution in [0.1, 0.15) is 10.4 Å². The Kier molecular flexibility index (Phi) is 5.69. The third-order valence-electron chi connectivity index (χ3n) is 2.96. The topological polar surface area (TPSA) is 44.8 Å². The number of ketones is 1. The minimum absolute atomic E-state index is 0.108. The molecule has 0 aliphatic heterocycles. The highest BCUT2D eigenvalue weighted by atomic mass is 79.9. The van der Waals surface area contributed by atoms with E-state index < -0.39 is 0 Å². The number of hydrogen-bond acceptors (Lipinski definition) is 4. The number of halogens is 2. The van der Waals surface area contributed by atoms with Gasteiger partial charge in [0.05, 0.1) is 24.3 Å². The highest BCUT2D eigenvalue weighted by Gasteiger charge is 2.14. The lowest BCUT2D eigenvalue weighted by molar-refractivity contribution is 0.0918. The maximum Gasteiger partial charge on any atom is 0.203 e. The lowest BCUT2D eigenvalue weighted by Gasteiger charge is -2.11. The summed E-state index contributed by atoms with van der Waals surface area (Å²) in [5.74, 6) is 1.42. The van der Waals surface area contributed by atoms with Gasteiger partial charge in [-0.3, -0.25) is 4.79 Å². The molecule has 0 atom stereocenters. The van der Waals surface area contributed by atoms with E-state index in [9.17, 15) is 4.79 Å².